The lowest BCUT2D eigenvalue weighted by Gasteiger charge is -2.70. The van der Waals surface area contributed by atoms with E-state index in [9.17, 15) is 69.5 Å². The number of fused-ring (bicyclic) bond motifs is 21. The third-order valence-corrected chi connectivity index (χ3v) is 46.0. The predicted molar refractivity (Wildman–Crippen MR) is 518 cm³/mol. The number of allylic oxidation sites excluding steroid dienone is 6. The summed E-state index contributed by atoms with van der Waals surface area (Å²) in [6.45, 7) is 50.4. The van der Waals surface area contributed by atoms with E-state index in [0.29, 0.717) is 72.3 Å². The molecule has 5 aromatic rings. The molecule has 12 aliphatic carbocycles. The van der Waals surface area contributed by atoms with E-state index >= 15 is 4.57 Å². The first-order valence-corrected chi connectivity index (χ1v) is 54.0. The van der Waals surface area contributed by atoms with E-state index in [1.807, 2.05) is 84.9 Å². The summed E-state index contributed by atoms with van der Waals surface area (Å²) in [6, 6.07) is 23.1. The zero-order chi connectivity index (χ0) is 97.7. The quantitative estimate of drug-likeness (QED) is 0.0223. The number of phenolic OH excluding ortho intramolecular Hbond substituents is 6. The minimum absolute atomic E-state index is 0.0201. The Labute approximate surface area is 789 Å². The van der Waals surface area contributed by atoms with Crippen LogP contribution in [-0.4, -0.2) is 89.3 Å². The zero-order valence-corrected chi connectivity index (χ0v) is 86.1. The average Bonchev–Trinajstić information content (AvgIpc) is 0.677. The number of carbonyl (C=O) groups is 3. The van der Waals surface area contributed by atoms with E-state index in [0.717, 1.165) is 130 Å². The molecule has 0 bridgehead atoms. The molecule has 21 atom stereocenters. The first kappa shape index (κ1) is 100. The largest absolute Gasteiger partial charge is 0.504 e. The molecular weight excluding hydrogens is 1740 g/mol. The van der Waals surface area contributed by atoms with Gasteiger partial charge in [-0.25, -0.2) is 4.57 Å². The van der Waals surface area contributed by atoms with E-state index in [1.54, 1.807) is 77.1 Å². The molecule has 21 nitrogen and oxygen atoms in total. The standard InChI is InChI=1S/C41H49O7P.C35H53O7P.C33H49O7P/c1-26-34-29(23-30(42)35(26)43)39(4)20-22-41(6)33-25-38(3,36(44)45)18-17-37(33,2)19-21-40(41,5)32(39)24-31(34)49(46,47-27-13-9-7-10-14-27)48-28-15-11-8-12-16-28;1-20(2)41-43(40,42-21(3)4)25-18-26-33(8,23-17-24(36)29(37)22(5)28(23)25)14-16-35(10)27-19-32(7,30(38)39)12-11-31(27,6)13-15-34(26,35)9;1-9-39-41(38,40-10-2)23-18-24-31(6,21-17-22(34)27(35)20(3)26(21)23)14-16-33(8)25-19-30(5,28(36)37)12-11-29(25,4)13-15-32(24,33)7/h7-16,23-24,31,33,42-43H,17-22,25H2,1-6H3,(H,44,45);17-18,20-21,25,27,36-37H,11-16,19H2,1-10H3,(H,38,39);17-18,23,25,34-35H,9-16,19H2,1-8H3,(H,36,37)/t31?,33-,37-,38-,39+,40-,41+;25?,27-,31-,32-,33+,34-,35+;23?,25-,29-,30-,31+,32-,33+/m111/s1. The van der Waals surface area contributed by atoms with Gasteiger partial charge in [-0.2, -0.15) is 0 Å². The summed E-state index contributed by atoms with van der Waals surface area (Å²) in [5.74, 6) is -1.96. The Kier molecular flexibility index (Phi) is 25.2. The Bertz CT molecular complexity index is 5670. The van der Waals surface area contributed by atoms with Gasteiger partial charge < -0.3 is 73.1 Å². The summed E-state index contributed by atoms with van der Waals surface area (Å²) in [4.78, 5) is 37.6. The number of aliphatic carboxylic acids is 3. The number of hydrogen-bond acceptors (Lipinski definition) is 18. The molecule has 0 spiro atoms. The third kappa shape index (κ3) is 15.2. The molecule has 3 unspecified atom stereocenters. The average molecular weight is 1890 g/mol. The van der Waals surface area contributed by atoms with Crippen molar-refractivity contribution >= 4 is 40.7 Å². The van der Waals surface area contributed by atoms with Gasteiger partial charge in [0.2, 0.25) is 0 Å². The highest BCUT2D eigenvalue weighted by Crippen LogP contribution is 2.83. The third-order valence-electron chi connectivity index (χ3n) is 39.1. The summed E-state index contributed by atoms with van der Waals surface area (Å²) in [6.07, 6.45) is 23.2. The molecule has 17 rings (SSSR count). The van der Waals surface area contributed by atoms with Crippen molar-refractivity contribution in [3.8, 4) is 46.0 Å². The first-order valence-electron chi connectivity index (χ1n) is 49.1. The fraction of sp³-hybridized carbons (Fsp3) is 0.642. The van der Waals surface area contributed by atoms with E-state index in [1.165, 1.54) is 11.1 Å². The maximum Gasteiger partial charge on any atom is 0.441 e. The maximum absolute atomic E-state index is 15.7. The summed E-state index contributed by atoms with van der Waals surface area (Å²) in [5, 5.41) is 96.7. The number of hydrogen-bond donors (Lipinski definition) is 9. The highest BCUT2D eigenvalue weighted by atomic mass is 31.2. The van der Waals surface area contributed by atoms with Crippen molar-refractivity contribution in [2.75, 3.05) is 13.2 Å². The molecule has 9 saturated carbocycles. The lowest BCUT2D eigenvalue weighted by Crippen LogP contribution is -2.62. The van der Waals surface area contributed by atoms with Crippen molar-refractivity contribution < 1.29 is 101 Å². The summed E-state index contributed by atoms with van der Waals surface area (Å²) in [7, 11) is -11.7. The second kappa shape index (κ2) is 33.5. The molecular formula is C109H151O21P3. The van der Waals surface area contributed by atoms with Crippen LogP contribution in [0.5, 0.6) is 46.0 Å². The molecule has 5 aromatic carbocycles. The Hall–Kier alpha value is -7.34. The van der Waals surface area contributed by atoms with Crippen LogP contribution >= 0.6 is 22.8 Å². The number of phenols is 6. The predicted octanol–water partition coefficient (Wildman–Crippen LogP) is 28.1. The monoisotopic (exact) mass is 1890 g/mol. The normalized spacial score (nSPS) is 37.9. The highest BCUT2D eigenvalue weighted by Gasteiger charge is 2.73. The molecule has 0 aliphatic heterocycles. The molecule has 0 saturated heterocycles. The van der Waals surface area contributed by atoms with Gasteiger partial charge in [0.15, 0.2) is 34.5 Å². The Balaban J connectivity index is 0.000000153. The SMILES string of the molecule is CCOP(=O)(OCC)C1C=C2[C@@](C)(CC[C@@]3(C)[C@@H]4C[C@](C)(C(=O)O)CC[C@]4(C)CC[C@]23C)c2cc(O)c(O)c(C)c21.Cc1c(O)c(O)cc2c1C(P(=O)(OC(C)C)OC(C)C)C=C1[C@@]2(C)CC[C@@]2(C)[C@@H]3C[C@](C)(C(=O)O)CC[C@]3(C)CC[C@]12C.Cc1c(O)c(O)cc2c1C(P(=O)(Oc1ccccc1)Oc1ccccc1)C=C1[C@@]2(C)CC[C@@]2(C)[C@@H]3C[C@](C)(C(=O)O)CC[C@]3(C)CC[C@]12C. The van der Waals surface area contributed by atoms with Crippen LogP contribution in [0.25, 0.3) is 0 Å². The highest BCUT2D eigenvalue weighted by molar-refractivity contribution is 7.55. The van der Waals surface area contributed by atoms with Crippen molar-refractivity contribution in [1.82, 2.24) is 0 Å². The van der Waals surface area contributed by atoms with E-state index < -0.39 is 90.2 Å². The molecule has 0 heterocycles. The number of benzene rings is 5. The summed E-state index contributed by atoms with van der Waals surface area (Å²) < 4.78 is 82.4. The number of aromatic hydroxyl groups is 6. The Morgan fingerprint density at radius 1 is 0.361 bits per heavy atom. The van der Waals surface area contributed by atoms with Crippen LogP contribution in [0.3, 0.4) is 0 Å². The summed E-state index contributed by atoms with van der Waals surface area (Å²) in [5.41, 5.74) is 1.97. The number of rotatable bonds is 18. The van der Waals surface area contributed by atoms with Gasteiger partial charge in [-0.15, -0.1) is 0 Å². The Morgan fingerprint density at radius 2 is 0.617 bits per heavy atom. The van der Waals surface area contributed by atoms with Gasteiger partial charge in [0.25, 0.3) is 0 Å². The van der Waals surface area contributed by atoms with E-state index in [-0.39, 0.29) is 126 Å². The van der Waals surface area contributed by atoms with E-state index in [4.69, 9.17) is 27.1 Å². The van der Waals surface area contributed by atoms with Gasteiger partial charge in [0.1, 0.15) is 28.5 Å². The van der Waals surface area contributed by atoms with Crippen LogP contribution in [0.4, 0.5) is 0 Å². The molecule has 24 heteroatoms. The topological polar surface area (TPSA) is 340 Å². The van der Waals surface area contributed by atoms with Crippen molar-refractivity contribution in [3.05, 3.63) is 164 Å². The second-order valence-corrected chi connectivity index (χ2v) is 53.4. The van der Waals surface area contributed by atoms with Crippen molar-refractivity contribution in [2.45, 2.75) is 346 Å². The number of para-hydroxylation sites is 2. The molecule has 12 aliphatic rings. The molecule has 0 aromatic heterocycles. The molecule has 0 radical (unpaired) electrons. The zero-order valence-electron chi connectivity index (χ0n) is 83.4. The molecule has 9 N–H and O–H groups in total. The second-order valence-electron chi connectivity index (χ2n) is 47.2. The Morgan fingerprint density at radius 3 is 0.872 bits per heavy atom. The fourth-order valence-corrected chi connectivity index (χ4v) is 36.8. The minimum atomic E-state index is -4.15. The smallest absolute Gasteiger partial charge is 0.441 e. The molecule has 133 heavy (non-hydrogen) atoms. The lowest BCUT2D eigenvalue weighted by molar-refractivity contribution is -0.177. The van der Waals surface area contributed by atoms with E-state index in [2.05, 4.69) is 101 Å². The van der Waals surface area contributed by atoms with Gasteiger partial charge in [0.05, 0.1) is 41.7 Å². The minimum Gasteiger partial charge on any atom is -0.504 e. The number of carboxylic acid groups (broad SMARTS) is 3. The van der Waals surface area contributed by atoms with Crippen molar-refractivity contribution in [1.29, 1.82) is 0 Å². The number of carboxylic acids is 3. The van der Waals surface area contributed by atoms with Crippen LogP contribution in [0, 0.1) is 104 Å². The van der Waals surface area contributed by atoms with Gasteiger partial charge in [-0.3, -0.25) is 23.5 Å². The van der Waals surface area contributed by atoms with Crippen molar-refractivity contribution in [3.63, 3.8) is 0 Å². The fourth-order valence-electron chi connectivity index (χ4n) is 30.2. The van der Waals surface area contributed by atoms with Gasteiger partial charge in [-0.05, 0) is 377 Å². The van der Waals surface area contributed by atoms with Gasteiger partial charge in [0, 0.05) is 16.2 Å². The van der Waals surface area contributed by atoms with Gasteiger partial charge in [-0.1, -0.05) is 154 Å². The van der Waals surface area contributed by atoms with Crippen molar-refractivity contribution in [2.24, 2.45) is 82.7 Å². The van der Waals surface area contributed by atoms with Gasteiger partial charge >= 0.3 is 40.7 Å². The van der Waals surface area contributed by atoms with Crippen LogP contribution in [0.2, 0.25) is 0 Å². The summed E-state index contributed by atoms with van der Waals surface area (Å²) >= 11 is 0. The maximum atomic E-state index is 15.7. The molecule has 0 amide bonds. The first-order chi connectivity index (χ1) is 61.6. The van der Waals surface area contributed by atoms with Crippen LogP contribution < -0.4 is 9.05 Å². The van der Waals surface area contributed by atoms with Crippen LogP contribution in [0.1, 0.15) is 347 Å². The molecule has 728 valence electrons. The lowest BCUT2D eigenvalue weighted by atomic mass is 9.34. The van der Waals surface area contributed by atoms with Crippen LogP contribution in [0.15, 0.2) is 114 Å². The molecule has 9 fully saturated rings. The van der Waals surface area contributed by atoms with Crippen LogP contribution in [-0.2, 0) is 62.4 Å².